The van der Waals surface area contributed by atoms with Gasteiger partial charge in [0.05, 0.1) is 0 Å². The molecule has 0 aromatic heterocycles. The van der Waals surface area contributed by atoms with Gasteiger partial charge in [-0.2, -0.15) is 0 Å². The second-order valence-electron chi connectivity index (χ2n) is 5.00. The molecule has 1 aliphatic carbocycles. The summed E-state index contributed by atoms with van der Waals surface area (Å²) in [5, 5.41) is 2.75. The molecule has 1 fully saturated rings. The normalized spacial score (nSPS) is 18.0. The van der Waals surface area contributed by atoms with E-state index in [0.717, 1.165) is 25.7 Å². The fraction of sp³-hybridized carbons (Fsp3) is 0.462. The zero-order valence-electron chi connectivity index (χ0n) is 9.92. The average Bonchev–Trinajstić information content (AvgIpc) is 2.64. The Morgan fingerprint density at radius 3 is 2.59 bits per heavy atom. The van der Waals surface area contributed by atoms with Gasteiger partial charge in [-0.15, -0.1) is 0 Å². The standard InChI is InChI=1S/C13H17FN2O/c1-13(4-2-3-5-13)12(17)16-11-7-9(14)6-10(15)8-11/h6-8H,2-5,15H2,1H3,(H,16,17). The van der Waals surface area contributed by atoms with E-state index in [1.165, 1.54) is 12.1 Å². The second kappa shape index (κ2) is 4.35. The lowest BCUT2D eigenvalue weighted by atomic mass is 9.88. The molecule has 1 saturated carbocycles. The van der Waals surface area contributed by atoms with Crippen LogP contribution < -0.4 is 11.1 Å². The van der Waals surface area contributed by atoms with Gasteiger partial charge >= 0.3 is 0 Å². The molecule has 1 amide bonds. The van der Waals surface area contributed by atoms with Crippen LogP contribution in [-0.4, -0.2) is 5.91 Å². The first kappa shape index (κ1) is 11.9. The maximum Gasteiger partial charge on any atom is 0.230 e. The van der Waals surface area contributed by atoms with E-state index < -0.39 is 5.82 Å². The van der Waals surface area contributed by atoms with Crippen molar-refractivity contribution >= 4 is 17.3 Å². The van der Waals surface area contributed by atoms with Gasteiger partial charge < -0.3 is 11.1 Å². The minimum atomic E-state index is -0.433. The second-order valence-corrected chi connectivity index (χ2v) is 5.00. The van der Waals surface area contributed by atoms with E-state index in [-0.39, 0.29) is 11.3 Å². The van der Waals surface area contributed by atoms with Crippen molar-refractivity contribution in [3.8, 4) is 0 Å². The summed E-state index contributed by atoms with van der Waals surface area (Å²) in [6.07, 6.45) is 3.94. The average molecular weight is 236 g/mol. The van der Waals surface area contributed by atoms with Crippen LogP contribution in [0.3, 0.4) is 0 Å². The molecule has 3 nitrogen and oxygen atoms in total. The largest absolute Gasteiger partial charge is 0.399 e. The predicted octanol–water partition coefficient (Wildman–Crippen LogP) is 2.93. The first-order valence-electron chi connectivity index (χ1n) is 5.87. The molecule has 0 unspecified atom stereocenters. The summed E-state index contributed by atoms with van der Waals surface area (Å²) in [6, 6.07) is 4.08. The van der Waals surface area contributed by atoms with Crippen LogP contribution in [0.15, 0.2) is 18.2 Å². The summed E-state index contributed by atoms with van der Waals surface area (Å²) in [6.45, 7) is 1.96. The molecule has 0 spiro atoms. The van der Waals surface area contributed by atoms with Gasteiger partial charge in [0.2, 0.25) is 5.91 Å². The molecule has 1 aromatic rings. The maximum atomic E-state index is 13.1. The molecule has 0 saturated heterocycles. The zero-order chi connectivity index (χ0) is 12.5. The molecule has 92 valence electrons. The number of hydrogen-bond donors (Lipinski definition) is 2. The summed E-state index contributed by atoms with van der Waals surface area (Å²) < 4.78 is 13.1. The number of nitrogens with one attached hydrogen (secondary N) is 1. The first-order valence-corrected chi connectivity index (χ1v) is 5.87. The molecular formula is C13H17FN2O. The van der Waals surface area contributed by atoms with Gasteiger partial charge in [0.15, 0.2) is 0 Å². The molecule has 1 aliphatic rings. The molecule has 0 bridgehead atoms. The van der Waals surface area contributed by atoms with Crippen LogP contribution in [0.5, 0.6) is 0 Å². The molecule has 0 radical (unpaired) electrons. The number of hydrogen-bond acceptors (Lipinski definition) is 2. The minimum Gasteiger partial charge on any atom is -0.399 e. The maximum absolute atomic E-state index is 13.1. The third-order valence-electron chi connectivity index (χ3n) is 3.43. The Bertz CT molecular complexity index is 419. The number of halogens is 1. The van der Waals surface area contributed by atoms with Crippen LogP contribution in [0.4, 0.5) is 15.8 Å². The zero-order valence-corrected chi connectivity index (χ0v) is 9.92. The number of amides is 1. The number of carbonyl (C=O) groups excluding carboxylic acids is 1. The Labute approximate surface area is 100 Å². The van der Waals surface area contributed by atoms with Crippen molar-refractivity contribution < 1.29 is 9.18 Å². The van der Waals surface area contributed by atoms with Crippen LogP contribution in [0.2, 0.25) is 0 Å². The quantitative estimate of drug-likeness (QED) is 0.776. The van der Waals surface area contributed by atoms with E-state index in [4.69, 9.17) is 5.73 Å². The Morgan fingerprint density at radius 2 is 2.00 bits per heavy atom. The number of rotatable bonds is 2. The lowest BCUT2D eigenvalue weighted by Gasteiger charge is -2.22. The van der Waals surface area contributed by atoms with Crippen LogP contribution in [-0.2, 0) is 4.79 Å². The molecule has 17 heavy (non-hydrogen) atoms. The van der Waals surface area contributed by atoms with E-state index in [9.17, 15) is 9.18 Å². The smallest absolute Gasteiger partial charge is 0.230 e. The van der Waals surface area contributed by atoms with Crippen molar-refractivity contribution in [3.63, 3.8) is 0 Å². The number of anilines is 2. The van der Waals surface area contributed by atoms with Gasteiger partial charge in [-0.05, 0) is 31.0 Å². The summed E-state index contributed by atoms with van der Waals surface area (Å²) in [5.74, 6) is -0.475. The number of carbonyl (C=O) groups is 1. The highest BCUT2D eigenvalue weighted by atomic mass is 19.1. The van der Waals surface area contributed by atoms with E-state index in [2.05, 4.69) is 5.32 Å². The van der Waals surface area contributed by atoms with Crippen molar-refractivity contribution in [2.75, 3.05) is 11.1 Å². The monoisotopic (exact) mass is 236 g/mol. The molecular weight excluding hydrogens is 219 g/mol. The highest BCUT2D eigenvalue weighted by Crippen LogP contribution is 2.38. The van der Waals surface area contributed by atoms with Gasteiger partial charge in [0.1, 0.15) is 5.82 Å². The Kier molecular flexibility index (Phi) is 3.05. The molecule has 0 heterocycles. The molecule has 3 N–H and O–H groups in total. The summed E-state index contributed by atoms with van der Waals surface area (Å²) >= 11 is 0. The molecule has 4 heteroatoms. The van der Waals surface area contributed by atoms with Crippen molar-refractivity contribution in [3.05, 3.63) is 24.0 Å². The number of nitrogen functional groups attached to an aromatic ring is 1. The lowest BCUT2D eigenvalue weighted by molar-refractivity contribution is -0.124. The summed E-state index contributed by atoms with van der Waals surface area (Å²) in [5.41, 5.74) is 5.96. The van der Waals surface area contributed by atoms with Gasteiger partial charge in [-0.3, -0.25) is 4.79 Å². The molecule has 1 aromatic carbocycles. The number of benzene rings is 1. The molecule has 0 atom stereocenters. The van der Waals surface area contributed by atoms with Gasteiger partial charge in [-0.1, -0.05) is 19.8 Å². The minimum absolute atomic E-state index is 0.0417. The Hall–Kier alpha value is -1.58. The Morgan fingerprint density at radius 1 is 1.35 bits per heavy atom. The van der Waals surface area contributed by atoms with Crippen molar-refractivity contribution in [1.82, 2.24) is 0 Å². The van der Waals surface area contributed by atoms with Gasteiger partial charge in [0.25, 0.3) is 0 Å². The van der Waals surface area contributed by atoms with Crippen molar-refractivity contribution in [2.24, 2.45) is 5.41 Å². The predicted molar refractivity (Wildman–Crippen MR) is 66.0 cm³/mol. The van der Waals surface area contributed by atoms with Crippen LogP contribution in [0.25, 0.3) is 0 Å². The molecule has 0 aliphatic heterocycles. The van der Waals surface area contributed by atoms with E-state index in [1.54, 1.807) is 6.07 Å². The summed E-state index contributed by atoms with van der Waals surface area (Å²) in [7, 11) is 0. The third kappa shape index (κ3) is 2.57. The first-order chi connectivity index (χ1) is 7.99. The SMILES string of the molecule is CC1(C(=O)Nc2cc(N)cc(F)c2)CCCC1. The fourth-order valence-electron chi connectivity index (χ4n) is 2.35. The highest BCUT2D eigenvalue weighted by molar-refractivity contribution is 5.95. The molecule has 2 rings (SSSR count). The Balaban J connectivity index is 2.12. The fourth-order valence-corrected chi connectivity index (χ4v) is 2.35. The van der Waals surface area contributed by atoms with Crippen molar-refractivity contribution in [2.45, 2.75) is 32.6 Å². The van der Waals surface area contributed by atoms with Crippen LogP contribution in [0.1, 0.15) is 32.6 Å². The van der Waals surface area contributed by atoms with Gasteiger partial charge in [-0.25, -0.2) is 4.39 Å². The van der Waals surface area contributed by atoms with Crippen LogP contribution >= 0.6 is 0 Å². The topological polar surface area (TPSA) is 55.1 Å². The van der Waals surface area contributed by atoms with Gasteiger partial charge in [0, 0.05) is 16.8 Å². The van der Waals surface area contributed by atoms with Crippen molar-refractivity contribution in [1.29, 1.82) is 0 Å². The third-order valence-corrected chi connectivity index (χ3v) is 3.43. The number of nitrogens with two attached hydrogens (primary N) is 1. The lowest BCUT2D eigenvalue weighted by Crippen LogP contribution is -2.30. The van der Waals surface area contributed by atoms with Crippen LogP contribution in [0, 0.1) is 11.2 Å². The van der Waals surface area contributed by atoms with E-state index in [0.29, 0.717) is 11.4 Å². The van der Waals surface area contributed by atoms with E-state index >= 15 is 0 Å². The highest BCUT2D eigenvalue weighted by Gasteiger charge is 2.36. The van der Waals surface area contributed by atoms with E-state index in [1.807, 2.05) is 6.92 Å². The summed E-state index contributed by atoms with van der Waals surface area (Å²) in [4.78, 5) is 12.1.